The van der Waals surface area contributed by atoms with Gasteiger partial charge in [-0.25, -0.2) is 13.8 Å². The quantitative estimate of drug-likeness (QED) is 0.808. The molecular weight excluding hydrogens is 202 g/mol. The zero-order chi connectivity index (χ0) is 11.5. The second-order valence-electron chi connectivity index (χ2n) is 3.69. The highest BCUT2D eigenvalue weighted by Crippen LogP contribution is 2.14. The molecule has 1 unspecified atom stereocenters. The van der Waals surface area contributed by atoms with E-state index in [-0.39, 0.29) is 12.4 Å². The number of halogens is 2. The van der Waals surface area contributed by atoms with Crippen molar-refractivity contribution in [3.8, 4) is 0 Å². The van der Waals surface area contributed by atoms with E-state index in [0.717, 1.165) is 12.3 Å². The first-order valence-electron chi connectivity index (χ1n) is 4.72. The zero-order valence-corrected chi connectivity index (χ0v) is 8.72. The summed E-state index contributed by atoms with van der Waals surface area (Å²) in [5, 5.41) is 12.3. The third-order valence-corrected chi connectivity index (χ3v) is 2.21. The summed E-state index contributed by atoms with van der Waals surface area (Å²) in [5.74, 6) is -1.53. The fourth-order valence-electron chi connectivity index (χ4n) is 0.944. The summed E-state index contributed by atoms with van der Waals surface area (Å²) >= 11 is 0. The lowest BCUT2D eigenvalue weighted by atomic mass is 10.0. The van der Waals surface area contributed by atoms with Crippen LogP contribution in [0.5, 0.6) is 0 Å². The van der Waals surface area contributed by atoms with Crippen LogP contribution in [0.15, 0.2) is 12.3 Å². The maximum Gasteiger partial charge on any atom is 0.168 e. The van der Waals surface area contributed by atoms with Crippen LogP contribution < -0.4 is 5.32 Å². The fourth-order valence-corrected chi connectivity index (χ4v) is 0.944. The first kappa shape index (κ1) is 11.8. The number of aromatic nitrogens is 1. The predicted molar refractivity (Wildman–Crippen MR) is 53.6 cm³/mol. The van der Waals surface area contributed by atoms with Crippen LogP contribution in [0.2, 0.25) is 0 Å². The maximum atomic E-state index is 13.1. The highest BCUT2D eigenvalue weighted by atomic mass is 19.1. The van der Waals surface area contributed by atoms with E-state index in [1.54, 1.807) is 6.92 Å². The second-order valence-corrected chi connectivity index (χ2v) is 3.69. The molecule has 1 rings (SSSR count). The molecule has 0 spiro atoms. The SMILES string of the molecule is CCC(C)(O)CNc1ncc(F)cc1F. The van der Waals surface area contributed by atoms with E-state index in [1.165, 1.54) is 0 Å². The standard InChI is InChI=1S/C10H14F2N2O/c1-3-10(2,15)6-14-9-8(12)4-7(11)5-13-9/h4-5,15H,3,6H2,1-2H3,(H,13,14). The van der Waals surface area contributed by atoms with Crippen LogP contribution in [-0.2, 0) is 0 Å². The molecule has 0 saturated heterocycles. The molecule has 1 atom stereocenters. The monoisotopic (exact) mass is 216 g/mol. The average molecular weight is 216 g/mol. The largest absolute Gasteiger partial charge is 0.388 e. The van der Waals surface area contributed by atoms with Crippen molar-refractivity contribution in [1.82, 2.24) is 4.98 Å². The van der Waals surface area contributed by atoms with Gasteiger partial charge in [-0.15, -0.1) is 0 Å². The minimum atomic E-state index is -0.928. The van der Waals surface area contributed by atoms with Gasteiger partial charge in [0.25, 0.3) is 0 Å². The Bertz CT molecular complexity index is 342. The number of aliphatic hydroxyl groups is 1. The number of anilines is 1. The topological polar surface area (TPSA) is 45.1 Å². The van der Waals surface area contributed by atoms with Crippen LogP contribution in [0.4, 0.5) is 14.6 Å². The Kier molecular flexibility index (Phi) is 3.57. The Morgan fingerprint density at radius 1 is 1.53 bits per heavy atom. The van der Waals surface area contributed by atoms with Crippen LogP contribution in [0.1, 0.15) is 20.3 Å². The van der Waals surface area contributed by atoms with Crippen LogP contribution >= 0.6 is 0 Å². The minimum Gasteiger partial charge on any atom is -0.388 e. The molecule has 0 fully saturated rings. The van der Waals surface area contributed by atoms with Crippen molar-refractivity contribution >= 4 is 5.82 Å². The summed E-state index contributed by atoms with van der Waals surface area (Å²) < 4.78 is 25.6. The van der Waals surface area contributed by atoms with Crippen molar-refractivity contribution in [2.75, 3.05) is 11.9 Å². The van der Waals surface area contributed by atoms with E-state index < -0.39 is 17.2 Å². The molecule has 2 N–H and O–H groups in total. The molecule has 3 nitrogen and oxygen atoms in total. The van der Waals surface area contributed by atoms with Gasteiger partial charge < -0.3 is 10.4 Å². The molecule has 5 heteroatoms. The van der Waals surface area contributed by atoms with Gasteiger partial charge in [0.15, 0.2) is 11.6 Å². The lowest BCUT2D eigenvalue weighted by Crippen LogP contribution is -2.32. The van der Waals surface area contributed by atoms with Crippen LogP contribution in [0.3, 0.4) is 0 Å². The highest BCUT2D eigenvalue weighted by Gasteiger charge is 2.18. The maximum absolute atomic E-state index is 13.1. The van der Waals surface area contributed by atoms with E-state index in [2.05, 4.69) is 10.3 Å². The van der Waals surface area contributed by atoms with Gasteiger partial charge in [0.2, 0.25) is 0 Å². The summed E-state index contributed by atoms with van der Waals surface area (Å²) in [7, 11) is 0. The Balaban J connectivity index is 2.66. The molecule has 0 aliphatic heterocycles. The van der Waals surface area contributed by atoms with Gasteiger partial charge in [0.1, 0.15) is 5.82 Å². The normalized spacial score (nSPS) is 14.7. The van der Waals surface area contributed by atoms with Crippen LogP contribution in [-0.4, -0.2) is 22.2 Å². The predicted octanol–water partition coefficient (Wildman–Crippen LogP) is 1.93. The lowest BCUT2D eigenvalue weighted by Gasteiger charge is -2.21. The van der Waals surface area contributed by atoms with Gasteiger partial charge in [-0.1, -0.05) is 6.92 Å². The molecule has 0 amide bonds. The number of hydrogen-bond acceptors (Lipinski definition) is 3. The number of hydrogen-bond donors (Lipinski definition) is 2. The Labute approximate surface area is 87.2 Å². The van der Waals surface area contributed by atoms with Crippen molar-refractivity contribution in [3.05, 3.63) is 23.9 Å². The van der Waals surface area contributed by atoms with Gasteiger partial charge >= 0.3 is 0 Å². The van der Waals surface area contributed by atoms with E-state index in [9.17, 15) is 13.9 Å². The van der Waals surface area contributed by atoms with Gasteiger partial charge in [-0.2, -0.15) is 0 Å². The molecule has 0 bridgehead atoms. The summed E-state index contributed by atoms with van der Waals surface area (Å²) in [4.78, 5) is 3.54. The van der Waals surface area contributed by atoms with Gasteiger partial charge in [-0.05, 0) is 13.3 Å². The highest BCUT2D eigenvalue weighted by molar-refractivity contribution is 5.36. The number of pyridine rings is 1. The smallest absolute Gasteiger partial charge is 0.168 e. The molecule has 0 saturated carbocycles. The first-order chi connectivity index (χ1) is 6.94. The second kappa shape index (κ2) is 4.53. The Morgan fingerprint density at radius 2 is 2.20 bits per heavy atom. The number of nitrogens with zero attached hydrogens (tertiary/aromatic N) is 1. The van der Waals surface area contributed by atoms with Gasteiger partial charge in [0.05, 0.1) is 11.8 Å². The third kappa shape index (κ3) is 3.43. The third-order valence-electron chi connectivity index (χ3n) is 2.21. The molecule has 1 aromatic rings. The summed E-state index contributed by atoms with van der Waals surface area (Å²) in [6.45, 7) is 3.61. The molecule has 84 valence electrons. The zero-order valence-electron chi connectivity index (χ0n) is 8.72. The van der Waals surface area contributed by atoms with Crippen molar-refractivity contribution in [2.45, 2.75) is 25.9 Å². The number of nitrogens with one attached hydrogen (secondary N) is 1. The molecule has 0 aliphatic rings. The Morgan fingerprint density at radius 3 is 2.73 bits per heavy atom. The minimum absolute atomic E-state index is 0.0508. The molecule has 1 aromatic heterocycles. The van der Waals surface area contributed by atoms with Crippen LogP contribution in [0, 0.1) is 11.6 Å². The van der Waals surface area contributed by atoms with Crippen molar-refractivity contribution in [3.63, 3.8) is 0 Å². The van der Waals surface area contributed by atoms with E-state index in [1.807, 2.05) is 6.92 Å². The van der Waals surface area contributed by atoms with Crippen LogP contribution in [0.25, 0.3) is 0 Å². The van der Waals surface area contributed by atoms with Gasteiger partial charge in [-0.3, -0.25) is 0 Å². The fraction of sp³-hybridized carbons (Fsp3) is 0.500. The molecule has 15 heavy (non-hydrogen) atoms. The van der Waals surface area contributed by atoms with E-state index in [0.29, 0.717) is 6.42 Å². The summed E-state index contributed by atoms with van der Waals surface area (Å²) in [5.41, 5.74) is -0.928. The Hall–Kier alpha value is -1.23. The average Bonchev–Trinajstić information content (AvgIpc) is 2.16. The molecule has 0 aromatic carbocycles. The molecule has 1 heterocycles. The molecule has 0 aliphatic carbocycles. The van der Waals surface area contributed by atoms with Crippen molar-refractivity contribution in [1.29, 1.82) is 0 Å². The van der Waals surface area contributed by atoms with Crippen molar-refractivity contribution in [2.24, 2.45) is 0 Å². The summed E-state index contributed by atoms with van der Waals surface area (Å²) in [6, 6.07) is 0.746. The lowest BCUT2D eigenvalue weighted by molar-refractivity contribution is 0.0696. The number of rotatable bonds is 4. The van der Waals surface area contributed by atoms with E-state index in [4.69, 9.17) is 0 Å². The summed E-state index contributed by atoms with van der Waals surface area (Å²) in [6.07, 6.45) is 1.45. The first-order valence-corrected chi connectivity index (χ1v) is 4.72. The molecular formula is C10H14F2N2O. The van der Waals surface area contributed by atoms with Crippen molar-refractivity contribution < 1.29 is 13.9 Å². The molecule has 0 radical (unpaired) electrons. The van der Waals surface area contributed by atoms with Gasteiger partial charge in [0, 0.05) is 12.6 Å². The van der Waals surface area contributed by atoms with E-state index >= 15 is 0 Å².